The van der Waals surface area contributed by atoms with Crippen LogP contribution in [0.25, 0.3) is 0 Å². The lowest BCUT2D eigenvalue weighted by Gasteiger charge is -2.40. The monoisotopic (exact) mass is 304 g/mol. The Bertz CT molecular complexity index is 600. The normalized spacial score (nSPS) is 19.7. The Labute approximate surface area is 128 Å². The zero-order chi connectivity index (χ0) is 14.8. The van der Waals surface area contributed by atoms with Crippen molar-refractivity contribution in [1.82, 2.24) is 19.9 Å². The molecule has 3 rings (SSSR count). The number of hydrogen-bond acceptors (Lipinski definition) is 6. The molecule has 0 bridgehead atoms. The van der Waals surface area contributed by atoms with Crippen LogP contribution in [0, 0.1) is 0 Å². The van der Waals surface area contributed by atoms with Crippen LogP contribution in [0.1, 0.15) is 11.6 Å². The molecule has 1 fully saturated rings. The Hall–Kier alpha value is -1.92. The number of rotatable bonds is 2. The molecule has 1 saturated heterocycles. The van der Waals surface area contributed by atoms with E-state index in [0.717, 1.165) is 19.6 Å². The maximum absolute atomic E-state index is 5.91. The molecule has 1 aromatic carbocycles. The van der Waals surface area contributed by atoms with Gasteiger partial charge in [-0.15, -0.1) is 0 Å². The van der Waals surface area contributed by atoms with Crippen LogP contribution in [0.2, 0.25) is 5.28 Å². The maximum Gasteiger partial charge on any atom is 0.232 e. The summed E-state index contributed by atoms with van der Waals surface area (Å²) in [7, 11) is 2.11. The fourth-order valence-electron chi connectivity index (χ4n) is 2.60. The summed E-state index contributed by atoms with van der Waals surface area (Å²) in [6.45, 7) is 2.65. The van der Waals surface area contributed by atoms with Crippen LogP contribution in [0.4, 0.5) is 11.9 Å². The second kappa shape index (κ2) is 5.83. The van der Waals surface area contributed by atoms with Gasteiger partial charge in [-0.3, -0.25) is 0 Å². The molecule has 0 amide bonds. The smallest absolute Gasteiger partial charge is 0.232 e. The molecule has 1 aliphatic rings. The molecule has 21 heavy (non-hydrogen) atoms. The molecule has 110 valence electrons. The average molecular weight is 305 g/mol. The molecule has 0 spiro atoms. The topological polar surface area (TPSA) is 71.2 Å². The van der Waals surface area contributed by atoms with Gasteiger partial charge in [-0.05, 0) is 24.2 Å². The van der Waals surface area contributed by atoms with Crippen LogP contribution in [-0.2, 0) is 0 Å². The molecule has 1 aromatic heterocycles. The number of likely N-dealkylation sites (N-methyl/N-ethyl adjacent to an activating group) is 1. The van der Waals surface area contributed by atoms with Gasteiger partial charge in [0.05, 0.1) is 6.04 Å². The lowest BCUT2D eigenvalue weighted by atomic mass is 10.0. The standard InChI is InChI=1S/C14H17ClN6/c1-20-7-8-21(14-18-12(15)17-13(16)19-14)11(9-20)10-5-3-2-4-6-10/h2-6,11H,7-9H2,1H3,(H2,16,17,18,19). The third-order valence-electron chi connectivity index (χ3n) is 3.64. The zero-order valence-corrected chi connectivity index (χ0v) is 12.5. The highest BCUT2D eigenvalue weighted by molar-refractivity contribution is 6.28. The van der Waals surface area contributed by atoms with Crippen molar-refractivity contribution in [1.29, 1.82) is 0 Å². The van der Waals surface area contributed by atoms with E-state index in [0.29, 0.717) is 5.95 Å². The van der Waals surface area contributed by atoms with Crippen LogP contribution in [-0.4, -0.2) is 46.5 Å². The first kappa shape index (κ1) is 14.0. The highest BCUT2D eigenvalue weighted by Crippen LogP contribution is 2.28. The molecule has 6 nitrogen and oxygen atoms in total. The molecular weight excluding hydrogens is 288 g/mol. The van der Waals surface area contributed by atoms with E-state index in [1.54, 1.807) is 0 Å². The summed E-state index contributed by atoms with van der Waals surface area (Å²) >= 11 is 5.91. The summed E-state index contributed by atoms with van der Waals surface area (Å²) < 4.78 is 0. The summed E-state index contributed by atoms with van der Waals surface area (Å²) in [5.74, 6) is 0.685. The minimum Gasteiger partial charge on any atom is -0.368 e. The van der Waals surface area contributed by atoms with E-state index in [2.05, 4.69) is 43.9 Å². The average Bonchev–Trinajstić information content (AvgIpc) is 2.47. The van der Waals surface area contributed by atoms with E-state index in [1.807, 2.05) is 18.2 Å². The number of nitrogens with zero attached hydrogens (tertiary/aromatic N) is 5. The number of nitrogens with two attached hydrogens (primary N) is 1. The quantitative estimate of drug-likeness (QED) is 0.908. The van der Waals surface area contributed by atoms with Crippen LogP contribution in [0.15, 0.2) is 30.3 Å². The summed E-state index contributed by atoms with van der Waals surface area (Å²) in [4.78, 5) is 16.7. The fourth-order valence-corrected chi connectivity index (χ4v) is 2.76. The lowest BCUT2D eigenvalue weighted by molar-refractivity contribution is 0.267. The minimum atomic E-state index is 0.128. The van der Waals surface area contributed by atoms with Gasteiger partial charge in [0.25, 0.3) is 0 Å². The van der Waals surface area contributed by atoms with E-state index in [1.165, 1.54) is 5.56 Å². The highest BCUT2D eigenvalue weighted by Gasteiger charge is 2.29. The largest absolute Gasteiger partial charge is 0.368 e. The van der Waals surface area contributed by atoms with Gasteiger partial charge in [-0.1, -0.05) is 30.3 Å². The molecule has 2 aromatic rings. The number of anilines is 2. The molecule has 1 atom stereocenters. The fraction of sp³-hybridized carbons (Fsp3) is 0.357. The van der Waals surface area contributed by atoms with Gasteiger partial charge >= 0.3 is 0 Å². The molecular formula is C14H17ClN6. The molecule has 1 unspecified atom stereocenters. The second-order valence-electron chi connectivity index (χ2n) is 5.14. The number of halogens is 1. The van der Waals surface area contributed by atoms with Gasteiger partial charge in [0.1, 0.15) is 0 Å². The van der Waals surface area contributed by atoms with Gasteiger partial charge in [-0.2, -0.15) is 15.0 Å². The summed E-state index contributed by atoms with van der Waals surface area (Å²) in [6.07, 6.45) is 0. The van der Waals surface area contributed by atoms with Crippen molar-refractivity contribution in [3.05, 3.63) is 41.2 Å². The Morgan fingerprint density at radius 1 is 1.14 bits per heavy atom. The van der Waals surface area contributed by atoms with Gasteiger partial charge in [0, 0.05) is 19.6 Å². The summed E-state index contributed by atoms with van der Waals surface area (Å²) in [6, 6.07) is 10.5. The van der Waals surface area contributed by atoms with E-state index < -0.39 is 0 Å². The van der Waals surface area contributed by atoms with Crippen molar-refractivity contribution in [2.45, 2.75) is 6.04 Å². The molecule has 0 radical (unpaired) electrons. The Kier molecular flexibility index (Phi) is 3.90. The van der Waals surface area contributed by atoms with Crippen LogP contribution in [0.3, 0.4) is 0 Å². The van der Waals surface area contributed by atoms with Gasteiger partial charge < -0.3 is 15.5 Å². The SMILES string of the molecule is CN1CCN(c2nc(N)nc(Cl)n2)C(c2ccccc2)C1. The van der Waals surface area contributed by atoms with E-state index in [9.17, 15) is 0 Å². The number of aromatic nitrogens is 3. The third-order valence-corrected chi connectivity index (χ3v) is 3.81. The second-order valence-corrected chi connectivity index (χ2v) is 5.48. The number of benzene rings is 1. The third kappa shape index (κ3) is 3.06. The van der Waals surface area contributed by atoms with Crippen molar-refractivity contribution in [2.24, 2.45) is 0 Å². The molecule has 2 N–H and O–H groups in total. The van der Waals surface area contributed by atoms with E-state index >= 15 is 0 Å². The molecule has 0 aliphatic carbocycles. The Balaban J connectivity index is 1.98. The van der Waals surface area contributed by atoms with Crippen LogP contribution in [0.5, 0.6) is 0 Å². The van der Waals surface area contributed by atoms with E-state index in [-0.39, 0.29) is 17.3 Å². The molecule has 7 heteroatoms. The summed E-state index contributed by atoms with van der Waals surface area (Å²) in [5, 5.41) is 0.128. The minimum absolute atomic E-state index is 0.128. The first-order valence-electron chi connectivity index (χ1n) is 6.80. The van der Waals surface area contributed by atoms with Crippen molar-refractivity contribution in [3.8, 4) is 0 Å². The van der Waals surface area contributed by atoms with Crippen molar-refractivity contribution in [3.63, 3.8) is 0 Å². The Morgan fingerprint density at radius 3 is 2.62 bits per heavy atom. The Morgan fingerprint density at radius 2 is 1.90 bits per heavy atom. The molecule has 2 heterocycles. The number of piperazine rings is 1. The van der Waals surface area contributed by atoms with Crippen LogP contribution < -0.4 is 10.6 Å². The molecule has 1 aliphatic heterocycles. The predicted molar refractivity (Wildman–Crippen MR) is 83.3 cm³/mol. The van der Waals surface area contributed by atoms with Gasteiger partial charge in [0.2, 0.25) is 17.2 Å². The van der Waals surface area contributed by atoms with Crippen molar-refractivity contribution >= 4 is 23.5 Å². The first-order chi connectivity index (χ1) is 10.1. The van der Waals surface area contributed by atoms with Crippen molar-refractivity contribution in [2.75, 3.05) is 37.3 Å². The van der Waals surface area contributed by atoms with Gasteiger partial charge in [0.15, 0.2) is 0 Å². The molecule has 0 saturated carbocycles. The van der Waals surface area contributed by atoms with Crippen molar-refractivity contribution < 1.29 is 0 Å². The number of nitrogen functional groups attached to an aromatic ring is 1. The zero-order valence-electron chi connectivity index (χ0n) is 11.8. The number of hydrogen-bond donors (Lipinski definition) is 1. The van der Waals surface area contributed by atoms with Crippen LogP contribution >= 0.6 is 11.6 Å². The lowest BCUT2D eigenvalue weighted by Crippen LogP contribution is -2.47. The first-order valence-corrected chi connectivity index (χ1v) is 7.18. The maximum atomic E-state index is 5.91. The predicted octanol–water partition coefficient (Wildman–Crippen LogP) is 1.60. The summed E-state index contributed by atoms with van der Waals surface area (Å²) in [5.41, 5.74) is 6.92. The highest BCUT2D eigenvalue weighted by atomic mass is 35.5. The van der Waals surface area contributed by atoms with E-state index in [4.69, 9.17) is 17.3 Å². The van der Waals surface area contributed by atoms with Gasteiger partial charge in [-0.25, -0.2) is 0 Å².